The largest absolute Gasteiger partial charge is 0.508 e. The van der Waals surface area contributed by atoms with Crippen molar-refractivity contribution in [2.75, 3.05) is 5.32 Å². The minimum absolute atomic E-state index is 0.0966. The molecule has 2 aromatic rings. The highest BCUT2D eigenvalue weighted by Gasteiger charge is 2.03. The highest BCUT2D eigenvalue weighted by molar-refractivity contribution is 5.95. The van der Waals surface area contributed by atoms with Gasteiger partial charge < -0.3 is 10.4 Å². The van der Waals surface area contributed by atoms with E-state index in [1.165, 1.54) is 37.4 Å². The van der Waals surface area contributed by atoms with Crippen LogP contribution in [-0.4, -0.2) is 23.1 Å². The summed E-state index contributed by atoms with van der Waals surface area (Å²) < 4.78 is 0. The van der Waals surface area contributed by atoms with Gasteiger partial charge in [-0.25, -0.2) is 5.43 Å². The highest BCUT2D eigenvalue weighted by atomic mass is 16.3. The number of hydrazone groups is 1. The van der Waals surface area contributed by atoms with Crippen LogP contribution < -0.4 is 10.7 Å². The van der Waals surface area contributed by atoms with Crippen LogP contribution in [0.5, 0.6) is 5.75 Å². The van der Waals surface area contributed by atoms with E-state index in [0.717, 1.165) is 5.56 Å². The summed E-state index contributed by atoms with van der Waals surface area (Å²) in [6.07, 6.45) is 1.50. The average Bonchev–Trinajstić information content (AvgIpc) is 2.49. The molecule has 0 aliphatic rings. The van der Waals surface area contributed by atoms with E-state index in [2.05, 4.69) is 15.8 Å². The van der Waals surface area contributed by atoms with Gasteiger partial charge in [-0.1, -0.05) is 12.1 Å². The second-order valence-electron chi connectivity index (χ2n) is 4.55. The first-order valence-corrected chi connectivity index (χ1v) is 6.55. The Balaban J connectivity index is 1.93. The quantitative estimate of drug-likeness (QED) is 0.596. The number of benzene rings is 2. The molecule has 0 aromatic heterocycles. The second kappa shape index (κ2) is 7.03. The molecule has 0 radical (unpaired) electrons. The summed E-state index contributed by atoms with van der Waals surface area (Å²) in [6, 6.07) is 12.9. The third-order valence-electron chi connectivity index (χ3n) is 2.74. The van der Waals surface area contributed by atoms with Crippen LogP contribution in [0.4, 0.5) is 5.69 Å². The molecule has 0 heterocycles. The number of carbonyl (C=O) groups is 2. The fourth-order valence-corrected chi connectivity index (χ4v) is 1.70. The summed E-state index contributed by atoms with van der Waals surface area (Å²) in [5.41, 5.74) is 4.26. The average molecular weight is 297 g/mol. The zero-order chi connectivity index (χ0) is 15.9. The smallest absolute Gasteiger partial charge is 0.271 e. The third-order valence-corrected chi connectivity index (χ3v) is 2.74. The Morgan fingerprint density at radius 2 is 1.68 bits per heavy atom. The van der Waals surface area contributed by atoms with Crippen molar-refractivity contribution in [3.63, 3.8) is 0 Å². The summed E-state index contributed by atoms with van der Waals surface area (Å²) in [6.45, 7) is 1.44. The van der Waals surface area contributed by atoms with Crippen molar-refractivity contribution in [3.8, 4) is 5.75 Å². The second-order valence-corrected chi connectivity index (χ2v) is 4.55. The van der Waals surface area contributed by atoms with Crippen LogP contribution in [-0.2, 0) is 4.79 Å². The van der Waals surface area contributed by atoms with Gasteiger partial charge in [-0.15, -0.1) is 0 Å². The fraction of sp³-hybridized carbons (Fsp3) is 0.0625. The van der Waals surface area contributed by atoms with Crippen molar-refractivity contribution < 1.29 is 14.7 Å². The third kappa shape index (κ3) is 4.45. The molecule has 0 saturated carbocycles. The summed E-state index contributed by atoms with van der Waals surface area (Å²) in [5.74, 6) is -0.409. The normalized spacial score (nSPS) is 10.4. The van der Waals surface area contributed by atoms with Gasteiger partial charge in [-0.05, 0) is 42.0 Å². The minimum atomic E-state index is -0.369. The first kappa shape index (κ1) is 15.2. The molecule has 0 fully saturated rings. The van der Waals surface area contributed by atoms with Gasteiger partial charge in [0.15, 0.2) is 0 Å². The number of carbonyl (C=O) groups excluding carboxylic acids is 2. The monoisotopic (exact) mass is 297 g/mol. The number of phenolic OH excluding ortho intramolecular Hbond substituents is 1. The van der Waals surface area contributed by atoms with Crippen LogP contribution in [0.15, 0.2) is 53.6 Å². The lowest BCUT2D eigenvalue weighted by molar-refractivity contribution is -0.114. The number of aromatic hydroxyl groups is 1. The molecule has 2 rings (SSSR count). The lowest BCUT2D eigenvalue weighted by atomic mass is 10.2. The molecule has 6 heteroatoms. The lowest BCUT2D eigenvalue weighted by Crippen LogP contribution is -2.17. The van der Waals surface area contributed by atoms with Crippen LogP contribution in [0.3, 0.4) is 0 Å². The van der Waals surface area contributed by atoms with E-state index in [-0.39, 0.29) is 17.6 Å². The Morgan fingerprint density at radius 3 is 2.27 bits per heavy atom. The number of phenols is 1. The van der Waals surface area contributed by atoms with Crippen molar-refractivity contribution in [2.45, 2.75) is 6.92 Å². The van der Waals surface area contributed by atoms with Crippen LogP contribution in [0, 0.1) is 0 Å². The summed E-state index contributed by atoms with van der Waals surface area (Å²) in [7, 11) is 0. The highest BCUT2D eigenvalue weighted by Crippen LogP contribution is 2.10. The number of hydrogen-bond donors (Lipinski definition) is 3. The predicted molar refractivity (Wildman–Crippen MR) is 83.9 cm³/mol. The van der Waals surface area contributed by atoms with Gasteiger partial charge in [0.2, 0.25) is 5.91 Å². The van der Waals surface area contributed by atoms with Crippen molar-refractivity contribution in [2.24, 2.45) is 5.10 Å². The molecule has 0 spiro atoms. The molecule has 0 saturated heterocycles. The SMILES string of the molecule is CC(=O)Nc1ccc(/C=N/NC(=O)c2ccc(O)cc2)cc1. The minimum Gasteiger partial charge on any atom is -0.508 e. The van der Waals surface area contributed by atoms with Gasteiger partial charge in [-0.2, -0.15) is 5.10 Å². The molecule has 0 aliphatic heterocycles. The molecule has 0 atom stereocenters. The maximum atomic E-state index is 11.8. The molecule has 112 valence electrons. The van der Waals surface area contributed by atoms with Gasteiger partial charge in [0.1, 0.15) is 5.75 Å². The number of hydrogen-bond acceptors (Lipinski definition) is 4. The van der Waals surface area contributed by atoms with Crippen LogP contribution in [0.2, 0.25) is 0 Å². The number of anilines is 1. The summed E-state index contributed by atoms with van der Waals surface area (Å²) in [5, 5.41) is 15.7. The number of nitrogens with one attached hydrogen (secondary N) is 2. The summed E-state index contributed by atoms with van der Waals surface area (Å²) >= 11 is 0. The zero-order valence-corrected chi connectivity index (χ0v) is 11.9. The maximum Gasteiger partial charge on any atom is 0.271 e. The van der Waals surface area contributed by atoms with E-state index in [1.807, 2.05) is 0 Å². The first-order chi connectivity index (χ1) is 10.5. The fourth-order valence-electron chi connectivity index (χ4n) is 1.70. The Hall–Kier alpha value is -3.15. The van der Waals surface area contributed by atoms with E-state index in [1.54, 1.807) is 24.3 Å². The molecule has 3 N–H and O–H groups in total. The van der Waals surface area contributed by atoms with Gasteiger partial charge in [-0.3, -0.25) is 9.59 Å². The zero-order valence-electron chi connectivity index (χ0n) is 11.9. The van der Waals surface area contributed by atoms with Crippen molar-refractivity contribution in [3.05, 3.63) is 59.7 Å². The molecule has 2 amide bonds. The predicted octanol–water partition coefficient (Wildman–Crippen LogP) is 2.11. The lowest BCUT2D eigenvalue weighted by Gasteiger charge is -2.02. The Kier molecular flexibility index (Phi) is 4.87. The topological polar surface area (TPSA) is 90.8 Å². The van der Waals surface area contributed by atoms with Gasteiger partial charge in [0, 0.05) is 18.2 Å². The van der Waals surface area contributed by atoms with Crippen molar-refractivity contribution in [1.82, 2.24) is 5.43 Å². The van der Waals surface area contributed by atoms with Gasteiger partial charge in [0.05, 0.1) is 6.21 Å². The van der Waals surface area contributed by atoms with E-state index in [9.17, 15) is 9.59 Å². The Bertz CT molecular complexity index is 692. The standard InChI is InChI=1S/C16H15N3O3/c1-11(20)18-14-6-2-12(3-7-14)10-17-19-16(22)13-4-8-15(21)9-5-13/h2-10,21H,1H3,(H,18,20)(H,19,22)/b17-10+. The number of amides is 2. The van der Waals surface area contributed by atoms with E-state index in [4.69, 9.17) is 5.11 Å². The van der Waals surface area contributed by atoms with Gasteiger partial charge >= 0.3 is 0 Å². The molecule has 0 unspecified atom stereocenters. The molecular formula is C16H15N3O3. The molecule has 22 heavy (non-hydrogen) atoms. The molecule has 0 bridgehead atoms. The van der Waals surface area contributed by atoms with E-state index in [0.29, 0.717) is 11.3 Å². The van der Waals surface area contributed by atoms with Crippen molar-refractivity contribution >= 4 is 23.7 Å². The number of rotatable bonds is 4. The molecule has 6 nitrogen and oxygen atoms in total. The van der Waals surface area contributed by atoms with Crippen LogP contribution >= 0.6 is 0 Å². The molecule has 2 aromatic carbocycles. The number of nitrogens with zero attached hydrogens (tertiary/aromatic N) is 1. The van der Waals surface area contributed by atoms with Gasteiger partial charge in [0.25, 0.3) is 5.91 Å². The Morgan fingerprint density at radius 1 is 1.05 bits per heavy atom. The van der Waals surface area contributed by atoms with E-state index < -0.39 is 0 Å². The van der Waals surface area contributed by atoms with Crippen LogP contribution in [0.1, 0.15) is 22.8 Å². The van der Waals surface area contributed by atoms with Crippen molar-refractivity contribution in [1.29, 1.82) is 0 Å². The Labute approximate surface area is 127 Å². The molecule has 0 aliphatic carbocycles. The maximum absolute atomic E-state index is 11.8. The first-order valence-electron chi connectivity index (χ1n) is 6.55. The molecular weight excluding hydrogens is 282 g/mol. The van der Waals surface area contributed by atoms with E-state index >= 15 is 0 Å². The summed E-state index contributed by atoms with van der Waals surface area (Å²) in [4.78, 5) is 22.7. The van der Waals surface area contributed by atoms with Crippen LogP contribution in [0.25, 0.3) is 0 Å².